The lowest BCUT2D eigenvalue weighted by atomic mass is 9.96. The molecular formula is C19H22ClN3O4. The molecule has 0 atom stereocenters. The number of hydrogen-bond acceptors (Lipinski definition) is 4. The van der Waals surface area contributed by atoms with Crippen LogP contribution in [0.25, 0.3) is 0 Å². The van der Waals surface area contributed by atoms with E-state index in [4.69, 9.17) is 20.8 Å². The Labute approximate surface area is 162 Å². The number of benzene rings is 1. The van der Waals surface area contributed by atoms with Crippen LogP contribution in [-0.2, 0) is 0 Å². The first-order valence-electron chi connectivity index (χ1n) is 8.76. The highest BCUT2D eigenvalue weighted by Crippen LogP contribution is 2.27. The molecule has 0 aliphatic carbocycles. The van der Waals surface area contributed by atoms with Crippen molar-refractivity contribution in [2.75, 3.05) is 32.1 Å². The number of ether oxygens (including phenoxy) is 1. The largest absolute Gasteiger partial charge is 0.495 e. The number of nitrogens with zero attached hydrogens (tertiary/aromatic N) is 1. The maximum Gasteiger partial charge on any atom is 0.319 e. The van der Waals surface area contributed by atoms with Crippen molar-refractivity contribution in [2.45, 2.75) is 12.8 Å². The van der Waals surface area contributed by atoms with Gasteiger partial charge in [0, 0.05) is 24.7 Å². The predicted octanol–water partition coefficient (Wildman–Crippen LogP) is 3.62. The Balaban J connectivity index is 1.44. The Bertz CT molecular complexity index is 786. The summed E-state index contributed by atoms with van der Waals surface area (Å²) < 4.78 is 10.2. The number of halogens is 1. The maximum atomic E-state index is 12.3. The Hall–Kier alpha value is -2.67. The number of carbonyl (C=O) groups is 2. The van der Waals surface area contributed by atoms with Crippen LogP contribution in [0.3, 0.4) is 0 Å². The Morgan fingerprint density at radius 1 is 1.30 bits per heavy atom. The molecular weight excluding hydrogens is 370 g/mol. The lowest BCUT2D eigenvalue weighted by molar-refractivity contribution is 0.0690. The molecule has 0 spiro atoms. The van der Waals surface area contributed by atoms with E-state index in [1.165, 1.54) is 19.6 Å². The second kappa shape index (κ2) is 8.81. The minimum atomic E-state index is -0.313. The van der Waals surface area contributed by atoms with Gasteiger partial charge in [0.05, 0.1) is 24.6 Å². The van der Waals surface area contributed by atoms with E-state index in [0.717, 1.165) is 12.8 Å². The fourth-order valence-electron chi connectivity index (χ4n) is 3.09. The van der Waals surface area contributed by atoms with Crippen LogP contribution >= 0.6 is 11.6 Å². The molecule has 7 nitrogen and oxygen atoms in total. The van der Waals surface area contributed by atoms with Gasteiger partial charge in [-0.1, -0.05) is 11.6 Å². The molecule has 144 valence electrons. The van der Waals surface area contributed by atoms with Crippen molar-refractivity contribution in [2.24, 2.45) is 5.92 Å². The van der Waals surface area contributed by atoms with Gasteiger partial charge in [-0.15, -0.1) is 0 Å². The molecule has 3 amide bonds. The second-order valence-corrected chi connectivity index (χ2v) is 6.86. The number of hydrogen-bond donors (Lipinski definition) is 2. The first-order chi connectivity index (χ1) is 13.1. The molecule has 0 saturated carbocycles. The summed E-state index contributed by atoms with van der Waals surface area (Å²) in [6.07, 6.45) is 4.64. The standard InChI is InChI=1S/C19H22ClN3O4/c1-26-17-3-2-15(20)10-16(17)22-19(25)21-11-13-4-7-23(8-5-13)18(24)14-6-9-27-12-14/h2-3,6,9-10,12-13H,4-5,7-8,11H2,1H3,(H2,21,22,25). The number of furan rings is 1. The van der Waals surface area contributed by atoms with Gasteiger partial charge in [-0.25, -0.2) is 4.79 Å². The van der Waals surface area contributed by atoms with Gasteiger partial charge in [-0.05, 0) is 43.0 Å². The van der Waals surface area contributed by atoms with E-state index in [-0.39, 0.29) is 11.9 Å². The Kier molecular flexibility index (Phi) is 6.24. The van der Waals surface area contributed by atoms with Crippen molar-refractivity contribution < 1.29 is 18.7 Å². The fourth-order valence-corrected chi connectivity index (χ4v) is 3.26. The third-order valence-corrected chi connectivity index (χ3v) is 4.87. The van der Waals surface area contributed by atoms with Crippen LogP contribution in [-0.4, -0.2) is 43.6 Å². The first kappa shape index (κ1) is 19.1. The van der Waals surface area contributed by atoms with E-state index in [2.05, 4.69) is 10.6 Å². The van der Waals surface area contributed by atoms with Gasteiger partial charge in [0.2, 0.25) is 0 Å². The zero-order valence-electron chi connectivity index (χ0n) is 15.0. The summed E-state index contributed by atoms with van der Waals surface area (Å²) in [5, 5.41) is 6.14. The molecule has 1 saturated heterocycles. The number of amides is 3. The van der Waals surface area contributed by atoms with Crippen LogP contribution in [0, 0.1) is 5.92 Å². The predicted molar refractivity (Wildman–Crippen MR) is 102 cm³/mol. The van der Waals surface area contributed by atoms with Crippen molar-refractivity contribution >= 4 is 29.2 Å². The number of nitrogens with one attached hydrogen (secondary N) is 2. The summed E-state index contributed by atoms with van der Waals surface area (Å²) in [6.45, 7) is 1.88. The molecule has 0 radical (unpaired) electrons. The highest BCUT2D eigenvalue weighted by molar-refractivity contribution is 6.31. The van der Waals surface area contributed by atoms with Gasteiger partial charge in [-0.3, -0.25) is 4.79 Å². The number of anilines is 1. The monoisotopic (exact) mass is 391 g/mol. The van der Waals surface area contributed by atoms with Crippen LogP contribution in [0.4, 0.5) is 10.5 Å². The molecule has 2 N–H and O–H groups in total. The summed E-state index contributed by atoms with van der Waals surface area (Å²) in [5.41, 5.74) is 1.09. The van der Waals surface area contributed by atoms with Gasteiger partial charge in [-0.2, -0.15) is 0 Å². The molecule has 1 fully saturated rings. The number of methoxy groups -OCH3 is 1. The van der Waals surface area contributed by atoms with Crippen LogP contribution in [0.1, 0.15) is 23.2 Å². The zero-order chi connectivity index (χ0) is 19.2. The van der Waals surface area contributed by atoms with Gasteiger partial charge in [0.15, 0.2) is 0 Å². The molecule has 1 aliphatic rings. The first-order valence-corrected chi connectivity index (χ1v) is 9.14. The van der Waals surface area contributed by atoms with Crippen molar-refractivity contribution in [3.05, 3.63) is 47.4 Å². The molecule has 1 aromatic heterocycles. The average Bonchev–Trinajstić information content (AvgIpc) is 3.21. The highest BCUT2D eigenvalue weighted by atomic mass is 35.5. The Morgan fingerprint density at radius 3 is 2.74 bits per heavy atom. The molecule has 1 aliphatic heterocycles. The normalized spacial score (nSPS) is 14.7. The molecule has 8 heteroatoms. The second-order valence-electron chi connectivity index (χ2n) is 6.43. The van der Waals surface area contributed by atoms with Crippen molar-refractivity contribution in [1.29, 1.82) is 0 Å². The SMILES string of the molecule is COc1ccc(Cl)cc1NC(=O)NCC1CCN(C(=O)c2ccoc2)CC1. The molecule has 0 bridgehead atoms. The lowest BCUT2D eigenvalue weighted by Gasteiger charge is -2.31. The average molecular weight is 392 g/mol. The summed E-state index contributed by atoms with van der Waals surface area (Å²) >= 11 is 5.97. The minimum Gasteiger partial charge on any atom is -0.495 e. The van der Waals surface area contributed by atoms with Gasteiger partial charge in [0.1, 0.15) is 12.0 Å². The van der Waals surface area contributed by atoms with Crippen LogP contribution < -0.4 is 15.4 Å². The smallest absolute Gasteiger partial charge is 0.319 e. The third-order valence-electron chi connectivity index (χ3n) is 4.63. The van der Waals surface area contributed by atoms with Crippen molar-refractivity contribution in [3.63, 3.8) is 0 Å². The number of urea groups is 1. The molecule has 1 aromatic carbocycles. The Morgan fingerprint density at radius 2 is 2.07 bits per heavy atom. The summed E-state index contributed by atoms with van der Waals surface area (Å²) in [5.74, 6) is 0.854. The van der Waals surface area contributed by atoms with Crippen molar-refractivity contribution in [3.8, 4) is 5.75 Å². The van der Waals surface area contributed by atoms with Crippen LogP contribution in [0.5, 0.6) is 5.75 Å². The van der Waals surface area contributed by atoms with Gasteiger partial charge >= 0.3 is 6.03 Å². The topological polar surface area (TPSA) is 83.8 Å². The fraction of sp³-hybridized carbons (Fsp3) is 0.368. The van der Waals surface area contributed by atoms with Crippen LogP contribution in [0.15, 0.2) is 41.2 Å². The molecule has 0 unspecified atom stereocenters. The van der Waals surface area contributed by atoms with E-state index in [1.54, 1.807) is 24.3 Å². The number of piperidine rings is 1. The van der Waals surface area contributed by atoms with E-state index >= 15 is 0 Å². The van der Waals surface area contributed by atoms with Gasteiger partial charge < -0.3 is 24.7 Å². The number of rotatable bonds is 5. The molecule has 2 heterocycles. The summed E-state index contributed by atoms with van der Waals surface area (Å²) in [6, 6.07) is 6.39. The lowest BCUT2D eigenvalue weighted by Crippen LogP contribution is -2.42. The van der Waals surface area contributed by atoms with E-state index in [9.17, 15) is 9.59 Å². The minimum absolute atomic E-state index is 0.0130. The summed E-state index contributed by atoms with van der Waals surface area (Å²) in [4.78, 5) is 26.3. The zero-order valence-corrected chi connectivity index (χ0v) is 15.8. The van der Waals surface area contributed by atoms with Crippen LogP contribution in [0.2, 0.25) is 5.02 Å². The molecule has 2 aromatic rings. The summed E-state index contributed by atoms with van der Waals surface area (Å²) in [7, 11) is 1.53. The maximum absolute atomic E-state index is 12.3. The van der Waals surface area contributed by atoms with E-state index < -0.39 is 0 Å². The van der Waals surface area contributed by atoms with E-state index in [1.807, 2.05) is 4.90 Å². The molecule has 27 heavy (non-hydrogen) atoms. The highest BCUT2D eigenvalue weighted by Gasteiger charge is 2.24. The van der Waals surface area contributed by atoms with Crippen molar-refractivity contribution in [1.82, 2.24) is 10.2 Å². The number of carbonyl (C=O) groups excluding carboxylic acids is 2. The molecule has 3 rings (SSSR count). The van der Waals surface area contributed by atoms with E-state index in [0.29, 0.717) is 47.6 Å². The number of likely N-dealkylation sites (tertiary alicyclic amines) is 1. The quantitative estimate of drug-likeness (QED) is 0.815. The third kappa shape index (κ3) is 4.95. The van der Waals surface area contributed by atoms with Gasteiger partial charge in [0.25, 0.3) is 5.91 Å².